The van der Waals surface area contributed by atoms with Crippen molar-refractivity contribution in [2.75, 3.05) is 26.5 Å². The van der Waals surface area contributed by atoms with Crippen LogP contribution in [0.4, 0.5) is 0 Å². The topological polar surface area (TPSA) is 111 Å². The number of hydrogen-bond acceptors (Lipinski definition) is 7. The lowest BCUT2D eigenvalue weighted by molar-refractivity contribution is -0.124. The van der Waals surface area contributed by atoms with Gasteiger partial charge < -0.3 is 19.5 Å². The van der Waals surface area contributed by atoms with E-state index >= 15 is 0 Å². The molecule has 0 unspecified atom stereocenters. The van der Waals surface area contributed by atoms with Crippen LogP contribution in [0, 0.1) is 0 Å². The number of sulfonamides is 1. The summed E-state index contributed by atoms with van der Waals surface area (Å²) in [6, 6.07) is 11.1. The summed E-state index contributed by atoms with van der Waals surface area (Å²) in [6.45, 7) is 0.867. The maximum Gasteiger partial charge on any atom is 0.338 e. The number of rotatable bonds is 7. The minimum Gasteiger partial charge on any atom is -0.454 e. The Morgan fingerprint density at radius 3 is 2.52 bits per heavy atom. The molecular weight excluding hydrogens is 448 g/mol. The summed E-state index contributed by atoms with van der Waals surface area (Å²) in [7, 11) is -3.69. The Hall–Kier alpha value is -3.11. The van der Waals surface area contributed by atoms with Crippen molar-refractivity contribution in [3.8, 4) is 11.5 Å². The number of nitrogens with one attached hydrogen (secondary N) is 1. The van der Waals surface area contributed by atoms with Gasteiger partial charge in [0.25, 0.3) is 5.91 Å². The van der Waals surface area contributed by atoms with Crippen molar-refractivity contribution in [3.63, 3.8) is 0 Å². The van der Waals surface area contributed by atoms with E-state index in [9.17, 15) is 18.0 Å². The van der Waals surface area contributed by atoms with Gasteiger partial charge in [-0.1, -0.05) is 25.0 Å². The minimum absolute atomic E-state index is 0.0473. The molecule has 0 aliphatic carbocycles. The second-order valence-corrected chi connectivity index (χ2v) is 9.82. The fraction of sp³-hybridized carbons (Fsp3) is 0.391. The molecule has 2 heterocycles. The summed E-state index contributed by atoms with van der Waals surface area (Å²) in [6.07, 6.45) is 3.66. The molecule has 33 heavy (non-hydrogen) atoms. The standard InChI is InChI=1S/C23H26N2O7S/c26-22(24-14-17-8-9-20-21(12-17)32-16-31-20)15-30-23(27)18-6-5-7-19(13-18)33(28,29)25-10-3-1-2-4-11-25/h5-9,12-13H,1-4,10-11,14-16H2,(H,24,26). The molecule has 0 atom stereocenters. The summed E-state index contributed by atoms with van der Waals surface area (Å²) in [5.74, 6) is 0.0257. The zero-order chi connectivity index (χ0) is 23.3. The van der Waals surface area contributed by atoms with E-state index in [1.165, 1.54) is 28.6 Å². The molecule has 0 bridgehead atoms. The quantitative estimate of drug-likeness (QED) is 0.614. The van der Waals surface area contributed by atoms with E-state index in [2.05, 4.69) is 5.32 Å². The molecule has 2 aliphatic heterocycles. The predicted octanol–water partition coefficient (Wildman–Crippen LogP) is 2.45. The van der Waals surface area contributed by atoms with Gasteiger partial charge in [0.15, 0.2) is 18.1 Å². The van der Waals surface area contributed by atoms with E-state index in [1.54, 1.807) is 18.2 Å². The van der Waals surface area contributed by atoms with Crippen LogP contribution >= 0.6 is 0 Å². The van der Waals surface area contributed by atoms with Crippen molar-refractivity contribution >= 4 is 21.9 Å². The van der Waals surface area contributed by atoms with Crippen molar-refractivity contribution in [1.29, 1.82) is 0 Å². The highest BCUT2D eigenvalue weighted by Gasteiger charge is 2.26. The molecule has 2 aromatic rings. The Kier molecular flexibility index (Phi) is 7.14. The molecule has 176 valence electrons. The lowest BCUT2D eigenvalue weighted by Gasteiger charge is -2.20. The van der Waals surface area contributed by atoms with Gasteiger partial charge in [-0.05, 0) is 48.7 Å². The van der Waals surface area contributed by atoms with Gasteiger partial charge in [-0.25, -0.2) is 13.2 Å². The molecule has 2 aromatic carbocycles. The monoisotopic (exact) mass is 474 g/mol. The van der Waals surface area contributed by atoms with Crippen LogP contribution in [0.1, 0.15) is 41.6 Å². The van der Waals surface area contributed by atoms with E-state index in [0.29, 0.717) is 24.6 Å². The van der Waals surface area contributed by atoms with E-state index in [1.807, 2.05) is 0 Å². The average Bonchev–Trinajstić information content (AvgIpc) is 3.11. The van der Waals surface area contributed by atoms with Crippen LogP contribution in [0.15, 0.2) is 47.4 Å². The molecule has 0 saturated carbocycles. The summed E-state index contributed by atoms with van der Waals surface area (Å²) < 4.78 is 43.0. The zero-order valence-corrected chi connectivity index (χ0v) is 18.9. The van der Waals surface area contributed by atoms with Gasteiger partial charge in [-0.15, -0.1) is 0 Å². The molecule has 4 rings (SSSR count). The van der Waals surface area contributed by atoms with Gasteiger partial charge in [0.05, 0.1) is 10.5 Å². The highest BCUT2D eigenvalue weighted by atomic mass is 32.2. The second kappa shape index (κ2) is 10.2. The van der Waals surface area contributed by atoms with Crippen molar-refractivity contribution in [2.45, 2.75) is 37.1 Å². The molecule has 1 fully saturated rings. The molecule has 1 saturated heterocycles. The number of esters is 1. The fourth-order valence-electron chi connectivity index (χ4n) is 3.73. The van der Waals surface area contributed by atoms with E-state index in [0.717, 1.165) is 31.2 Å². The molecule has 2 aliphatic rings. The van der Waals surface area contributed by atoms with Crippen LogP contribution < -0.4 is 14.8 Å². The van der Waals surface area contributed by atoms with E-state index in [-0.39, 0.29) is 23.8 Å². The van der Waals surface area contributed by atoms with Crippen LogP contribution in [0.2, 0.25) is 0 Å². The Morgan fingerprint density at radius 1 is 0.970 bits per heavy atom. The van der Waals surface area contributed by atoms with Crippen molar-refractivity contribution in [1.82, 2.24) is 9.62 Å². The highest BCUT2D eigenvalue weighted by molar-refractivity contribution is 7.89. The first-order valence-corrected chi connectivity index (χ1v) is 12.3. The van der Waals surface area contributed by atoms with Gasteiger partial charge in [0.1, 0.15) is 0 Å². The molecule has 1 amide bonds. The van der Waals surface area contributed by atoms with E-state index < -0.39 is 28.5 Å². The lowest BCUT2D eigenvalue weighted by atomic mass is 10.2. The maximum absolute atomic E-state index is 13.0. The molecule has 10 heteroatoms. The third-order valence-electron chi connectivity index (χ3n) is 5.53. The molecule has 0 spiro atoms. The number of hydrogen-bond donors (Lipinski definition) is 1. The Bertz CT molecular complexity index is 1130. The first kappa shape index (κ1) is 23.1. The predicted molar refractivity (Wildman–Crippen MR) is 118 cm³/mol. The van der Waals surface area contributed by atoms with Crippen LogP contribution in [0.25, 0.3) is 0 Å². The van der Waals surface area contributed by atoms with Gasteiger partial charge in [0, 0.05) is 19.6 Å². The summed E-state index contributed by atoms with van der Waals surface area (Å²) in [5, 5.41) is 2.67. The number of fused-ring (bicyclic) bond motifs is 1. The Morgan fingerprint density at radius 2 is 1.73 bits per heavy atom. The van der Waals surface area contributed by atoms with Crippen molar-refractivity contribution in [3.05, 3.63) is 53.6 Å². The molecule has 0 aromatic heterocycles. The smallest absolute Gasteiger partial charge is 0.338 e. The van der Waals surface area contributed by atoms with Crippen LogP contribution in [0.5, 0.6) is 11.5 Å². The molecule has 1 N–H and O–H groups in total. The summed E-state index contributed by atoms with van der Waals surface area (Å²) in [4.78, 5) is 24.6. The first-order valence-electron chi connectivity index (χ1n) is 10.9. The second-order valence-electron chi connectivity index (χ2n) is 7.89. The first-order chi connectivity index (χ1) is 15.9. The number of carbonyl (C=O) groups is 2. The Balaban J connectivity index is 1.31. The molecular formula is C23H26N2O7S. The van der Waals surface area contributed by atoms with Crippen molar-refractivity contribution < 1.29 is 32.2 Å². The molecule has 9 nitrogen and oxygen atoms in total. The zero-order valence-electron chi connectivity index (χ0n) is 18.1. The third kappa shape index (κ3) is 5.63. The SMILES string of the molecule is O=C(COC(=O)c1cccc(S(=O)(=O)N2CCCCCC2)c1)NCc1ccc2c(c1)OCO2. The largest absolute Gasteiger partial charge is 0.454 e. The lowest BCUT2D eigenvalue weighted by Crippen LogP contribution is -2.32. The number of ether oxygens (including phenoxy) is 3. The minimum atomic E-state index is -3.69. The van der Waals surface area contributed by atoms with Crippen LogP contribution in [0.3, 0.4) is 0 Å². The average molecular weight is 475 g/mol. The van der Waals surface area contributed by atoms with Gasteiger partial charge >= 0.3 is 5.97 Å². The number of carbonyl (C=O) groups excluding carboxylic acids is 2. The molecule has 0 radical (unpaired) electrons. The van der Waals surface area contributed by atoms with Gasteiger partial charge in [-0.3, -0.25) is 4.79 Å². The maximum atomic E-state index is 13.0. The van der Waals surface area contributed by atoms with Crippen molar-refractivity contribution in [2.24, 2.45) is 0 Å². The van der Waals surface area contributed by atoms with Gasteiger partial charge in [-0.2, -0.15) is 4.31 Å². The highest BCUT2D eigenvalue weighted by Crippen LogP contribution is 2.32. The van der Waals surface area contributed by atoms with E-state index in [4.69, 9.17) is 14.2 Å². The number of benzene rings is 2. The number of nitrogens with zero attached hydrogens (tertiary/aromatic N) is 1. The van der Waals surface area contributed by atoms with Crippen LogP contribution in [-0.2, 0) is 26.1 Å². The van der Waals surface area contributed by atoms with Gasteiger partial charge in [0.2, 0.25) is 16.8 Å². The normalized spacial score (nSPS) is 16.1. The number of amides is 1. The fourth-order valence-corrected chi connectivity index (χ4v) is 5.30. The summed E-state index contributed by atoms with van der Waals surface area (Å²) >= 11 is 0. The van der Waals surface area contributed by atoms with Crippen LogP contribution in [-0.4, -0.2) is 51.1 Å². The Labute approximate surface area is 192 Å². The summed E-state index contributed by atoms with van der Waals surface area (Å²) in [5.41, 5.74) is 0.889. The third-order valence-corrected chi connectivity index (χ3v) is 7.43.